The fourth-order valence-corrected chi connectivity index (χ4v) is 5.60. The van der Waals surface area contributed by atoms with Crippen molar-refractivity contribution in [1.29, 1.82) is 0 Å². The topological polar surface area (TPSA) is 304 Å². The van der Waals surface area contributed by atoms with Crippen molar-refractivity contribution in [1.82, 2.24) is 10.6 Å². The van der Waals surface area contributed by atoms with Gasteiger partial charge in [0.15, 0.2) is 18.2 Å². The fourth-order valence-electron chi connectivity index (χ4n) is 5.60. The van der Waals surface area contributed by atoms with Crippen molar-refractivity contribution in [3.8, 4) is 0 Å². The van der Waals surface area contributed by atoms with E-state index in [0.29, 0.717) is 25.9 Å². The van der Waals surface area contributed by atoms with Crippen LogP contribution in [-0.2, 0) is 23.7 Å². The summed E-state index contributed by atoms with van der Waals surface area (Å²) in [7, 11) is 0. The van der Waals surface area contributed by atoms with E-state index in [9.17, 15) is 30.3 Å². The summed E-state index contributed by atoms with van der Waals surface area (Å²) in [5.74, 6) is -0.774. The third kappa shape index (κ3) is 7.17. The van der Waals surface area contributed by atoms with E-state index < -0.39 is 97.5 Å². The van der Waals surface area contributed by atoms with Crippen LogP contribution in [0.4, 0.5) is 0 Å². The summed E-state index contributed by atoms with van der Waals surface area (Å²) >= 11 is 0. The smallest absolute Gasteiger partial charge is 0.253 e. The van der Waals surface area contributed by atoms with Crippen LogP contribution in [0.15, 0.2) is 0 Å². The van der Waals surface area contributed by atoms with Gasteiger partial charge in [0.1, 0.15) is 36.6 Å². The number of nitrogens with one attached hydrogen (secondary N) is 2. The third-order valence-electron chi connectivity index (χ3n) is 8.39. The monoisotopic (exact) mass is 594 g/mol. The summed E-state index contributed by atoms with van der Waals surface area (Å²) < 4.78 is 23.6. The van der Waals surface area contributed by atoms with Crippen LogP contribution in [0.3, 0.4) is 0 Å². The molecular weight excluding hydrogens is 548 g/mol. The Hall–Kier alpha value is -1.13. The number of carbonyl (C=O) groups excluding carboxylic acids is 1. The number of rotatable bonds is 11. The first-order chi connectivity index (χ1) is 19.4. The summed E-state index contributed by atoms with van der Waals surface area (Å²) in [5.41, 5.74) is 22.5. The van der Waals surface area contributed by atoms with Crippen molar-refractivity contribution >= 4 is 5.91 Å². The van der Waals surface area contributed by atoms with Crippen LogP contribution >= 0.6 is 0 Å². The van der Waals surface area contributed by atoms with Crippen LogP contribution < -0.4 is 33.6 Å². The van der Waals surface area contributed by atoms with Crippen molar-refractivity contribution in [2.45, 2.75) is 117 Å². The first-order valence-electron chi connectivity index (χ1n) is 14.0. The Balaban J connectivity index is 1.51. The Morgan fingerprint density at radius 1 is 0.927 bits per heavy atom. The molecule has 15 atom stereocenters. The summed E-state index contributed by atoms with van der Waals surface area (Å²) in [6.45, 7) is 0.191. The van der Waals surface area contributed by atoms with Gasteiger partial charge in [0.25, 0.3) is 5.91 Å². The van der Waals surface area contributed by atoms with Gasteiger partial charge in [0, 0.05) is 31.6 Å². The maximum Gasteiger partial charge on any atom is 0.253 e. The number of hydrogen-bond acceptors (Lipinski definition) is 16. The molecule has 0 aromatic rings. The highest BCUT2D eigenvalue weighted by Gasteiger charge is 2.59. The van der Waals surface area contributed by atoms with Crippen molar-refractivity contribution in [2.24, 2.45) is 22.9 Å². The molecule has 17 heteroatoms. The molecule has 0 aromatic carbocycles. The van der Waals surface area contributed by atoms with E-state index in [1.807, 2.05) is 0 Å². The zero-order valence-corrected chi connectivity index (χ0v) is 22.8. The average molecular weight is 595 g/mol. The second kappa shape index (κ2) is 13.7. The third-order valence-corrected chi connectivity index (χ3v) is 8.39. The van der Waals surface area contributed by atoms with Gasteiger partial charge in [0.2, 0.25) is 0 Å². The molecule has 0 aromatic heterocycles. The molecule has 16 N–H and O–H groups in total. The number of aliphatic hydroxyl groups is 6. The Morgan fingerprint density at radius 2 is 1.61 bits per heavy atom. The highest BCUT2D eigenvalue weighted by atomic mass is 16.7. The lowest BCUT2D eigenvalue weighted by atomic mass is 9.83. The molecule has 0 spiro atoms. The predicted molar refractivity (Wildman–Crippen MR) is 139 cm³/mol. The van der Waals surface area contributed by atoms with Gasteiger partial charge in [-0.25, -0.2) is 0 Å². The van der Waals surface area contributed by atoms with E-state index in [-0.39, 0.29) is 25.6 Å². The second-order valence-electron chi connectivity index (χ2n) is 11.5. The molecule has 238 valence electrons. The molecule has 4 rings (SSSR count). The summed E-state index contributed by atoms with van der Waals surface area (Å²) in [6.07, 6.45) is -9.51. The fraction of sp³-hybridized carbons (Fsp3) is 0.958. The van der Waals surface area contributed by atoms with Gasteiger partial charge >= 0.3 is 0 Å². The number of aliphatic hydroxyl groups excluding tert-OH is 5. The molecule has 2 heterocycles. The first kappa shape index (κ1) is 32.8. The van der Waals surface area contributed by atoms with E-state index in [2.05, 4.69) is 10.6 Å². The quantitative estimate of drug-likeness (QED) is 0.0989. The van der Waals surface area contributed by atoms with E-state index >= 15 is 0 Å². The minimum Gasteiger partial charge on any atom is -0.395 e. The molecule has 4 aliphatic rings. The average Bonchev–Trinajstić information content (AvgIpc) is 3.57. The minimum absolute atomic E-state index is 0.00775. The Bertz CT molecular complexity index is 878. The van der Waals surface area contributed by atoms with Crippen LogP contribution in [-0.4, -0.2) is 154 Å². The first-order valence-corrected chi connectivity index (χ1v) is 14.0. The summed E-state index contributed by atoms with van der Waals surface area (Å²) in [4.78, 5) is 12.8. The van der Waals surface area contributed by atoms with E-state index in [1.165, 1.54) is 0 Å². The van der Waals surface area contributed by atoms with Crippen molar-refractivity contribution < 1.29 is 54.4 Å². The largest absolute Gasteiger partial charge is 0.395 e. The lowest BCUT2D eigenvalue weighted by molar-refractivity contribution is -0.314. The van der Waals surface area contributed by atoms with E-state index in [1.54, 1.807) is 0 Å². The molecule has 17 nitrogen and oxygen atoms in total. The number of ether oxygens (including phenoxy) is 4. The van der Waals surface area contributed by atoms with Crippen LogP contribution in [0, 0.1) is 0 Å². The molecule has 2 aliphatic heterocycles. The molecule has 1 amide bonds. The molecule has 4 fully saturated rings. The number of nitrogens with two attached hydrogens (primary N) is 4. The molecule has 0 bridgehead atoms. The second-order valence-corrected chi connectivity index (χ2v) is 11.5. The van der Waals surface area contributed by atoms with Gasteiger partial charge in [-0.05, 0) is 19.3 Å². The molecule has 3 unspecified atom stereocenters. The Labute approximate surface area is 237 Å². The van der Waals surface area contributed by atoms with E-state index in [4.69, 9.17) is 47.0 Å². The molecule has 0 radical (unpaired) electrons. The van der Waals surface area contributed by atoms with Gasteiger partial charge in [-0.1, -0.05) is 0 Å². The number of amides is 1. The Kier molecular flexibility index (Phi) is 10.9. The normalized spacial score (nSPS) is 48.5. The van der Waals surface area contributed by atoms with Crippen LogP contribution in [0.5, 0.6) is 0 Å². The zero-order valence-electron chi connectivity index (χ0n) is 22.8. The maximum absolute atomic E-state index is 12.8. The lowest BCUT2D eigenvalue weighted by Crippen LogP contribution is -2.69. The zero-order chi connectivity index (χ0) is 30.1. The van der Waals surface area contributed by atoms with Crippen molar-refractivity contribution in [2.75, 3.05) is 26.3 Å². The maximum atomic E-state index is 12.8. The highest BCUT2D eigenvalue weighted by Crippen LogP contribution is 2.36. The minimum atomic E-state index is -1.77. The van der Waals surface area contributed by atoms with Crippen molar-refractivity contribution in [3.63, 3.8) is 0 Å². The van der Waals surface area contributed by atoms with Gasteiger partial charge in [-0.3, -0.25) is 4.79 Å². The predicted octanol–water partition coefficient (Wildman–Crippen LogP) is -7.02. The Morgan fingerprint density at radius 3 is 2.24 bits per heavy atom. The van der Waals surface area contributed by atoms with E-state index in [0.717, 1.165) is 0 Å². The molecular formula is C24H46N6O11. The van der Waals surface area contributed by atoms with Crippen molar-refractivity contribution in [3.05, 3.63) is 0 Å². The number of carbonyl (C=O) groups is 1. The lowest BCUT2D eigenvalue weighted by Gasteiger charge is -2.48. The summed E-state index contributed by atoms with van der Waals surface area (Å²) in [5, 5.41) is 67.1. The summed E-state index contributed by atoms with van der Waals surface area (Å²) in [6, 6.07) is -4.37. The van der Waals surface area contributed by atoms with Crippen LogP contribution in [0.2, 0.25) is 0 Å². The van der Waals surface area contributed by atoms with Gasteiger partial charge in [0.05, 0.1) is 37.4 Å². The number of hydrogen-bond donors (Lipinski definition) is 12. The van der Waals surface area contributed by atoms with Crippen LogP contribution in [0.1, 0.15) is 25.7 Å². The van der Waals surface area contributed by atoms with Gasteiger partial charge in [-0.15, -0.1) is 0 Å². The standard InChI is InChI=1S/C24H46N6O11/c25-10-2-1-9(7-29-3-4-31)38-21(10)40-19-11(26)5-12(30-23(36)24(37)6-14(24)27)20(18(19)35)41-22-17(34)15(28)16(33)13(8-32)39-22/h9-22,29,31-35,37H,1-8,25-28H2,(H,30,36)/t9-,10+,11-,12+,13+,14?,15-,16+,17+,18-,19?,20-,21+,22+,24?/m0/s1. The van der Waals surface area contributed by atoms with Gasteiger partial charge in [-0.2, -0.15) is 0 Å². The molecule has 2 aliphatic carbocycles. The van der Waals surface area contributed by atoms with Crippen LogP contribution in [0.25, 0.3) is 0 Å². The highest BCUT2D eigenvalue weighted by molar-refractivity contribution is 5.89. The molecule has 2 saturated carbocycles. The SMILES string of the molecule is NC1CC1(O)C(=O)N[C@@H]1C[C@H](N)C(O[C@H]2O[C@H](CNCCO)CC[C@H]2N)[C@H](O)[C@H]1O[C@H]1O[C@H](CO)[C@@H](O)[C@H](N)[C@H]1O. The molecule has 2 saturated heterocycles. The molecule has 41 heavy (non-hydrogen) atoms. The van der Waals surface area contributed by atoms with Gasteiger partial charge < -0.3 is 83.2 Å².